The number of hydrogen-bond acceptors (Lipinski definition) is 5. The summed E-state index contributed by atoms with van der Waals surface area (Å²) in [5, 5.41) is 3.40. The Labute approximate surface area is 108 Å². The quantitative estimate of drug-likeness (QED) is 0.869. The topological polar surface area (TPSA) is 56.3 Å². The van der Waals surface area contributed by atoms with Gasteiger partial charge in [0, 0.05) is 13.2 Å². The Morgan fingerprint density at radius 2 is 2.17 bits per heavy atom. The highest BCUT2D eigenvalue weighted by molar-refractivity contribution is 5.38. The molecule has 1 saturated carbocycles. The summed E-state index contributed by atoms with van der Waals surface area (Å²) in [5.74, 6) is 1.41. The van der Waals surface area contributed by atoms with E-state index in [2.05, 4.69) is 15.3 Å². The zero-order valence-corrected chi connectivity index (χ0v) is 11.2. The number of nitrogens with one attached hydrogen (secondary N) is 1. The number of rotatable bonds is 5. The van der Waals surface area contributed by atoms with E-state index >= 15 is 0 Å². The molecule has 18 heavy (non-hydrogen) atoms. The van der Waals surface area contributed by atoms with E-state index in [-0.39, 0.29) is 12.2 Å². The average molecular weight is 251 g/mol. The molecule has 100 valence electrons. The standard InChI is InChI=1S/C13H21N3O2/c1-9(2)18-13-7-12(14-8-15-13)16-10-5-4-6-11(10)17-3/h7-11H,4-6H2,1-3H3,(H,14,15,16). The summed E-state index contributed by atoms with van der Waals surface area (Å²) in [6.07, 6.45) is 5.32. The van der Waals surface area contributed by atoms with Crippen LogP contribution in [0, 0.1) is 0 Å². The first-order valence-corrected chi connectivity index (χ1v) is 6.47. The molecule has 1 aliphatic rings. The van der Waals surface area contributed by atoms with Crippen LogP contribution >= 0.6 is 0 Å². The van der Waals surface area contributed by atoms with Crippen LogP contribution in [0.15, 0.2) is 12.4 Å². The van der Waals surface area contributed by atoms with Crippen molar-refractivity contribution in [1.82, 2.24) is 9.97 Å². The lowest BCUT2D eigenvalue weighted by Crippen LogP contribution is -2.30. The van der Waals surface area contributed by atoms with Crippen molar-refractivity contribution in [3.8, 4) is 5.88 Å². The van der Waals surface area contributed by atoms with Crippen molar-refractivity contribution in [3.05, 3.63) is 12.4 Å². The number of anilines is 1. The van der Waals surface area contributed by atoms with E-state index in [1.54, 1.807) is 7.11 Å². The molecule has 0 spiro atoms. The van der Waals surface area contributed by atoms with Crippen molar-refractivity contribution in [1.29, 1.82) is 0 Å². The molecule has 2 atom stereocenters. The van der Waals surface area contributed by atoms with E-state index in [4.69, 9.17) is 9.47 Å². The zero-order chi connectivity index (χ0) is 13.0. The molecule has 0 bridgehead atoms. The van der Waals surface area contributed by atoms with Crippen molar-refractivity contribution >= 4 is 5.82 Å². The van der Waals surface area contributed by atoms with Gasteiger partial charge in [0.25, 0.3) is 0 Å². The molecule has 0 saturated heterocycles. The SMILES string of the molecule is COC1CCCC1Nc1cc(OC(C)C)ncn1. The van der Waals surface area contributed by atoms with E-state index in [9.17, 15) is 0 Å². The van der Waals surface area contributed by atoms with E-state index in [1.807, 2.05) is 19.9 Å². The van der Waals surface area contributed by atoms with Gasteiger partial charge in [0.2, 0.25) is 5.88 Å². The average Bonchev–Trinajstić information content (AvgIpc) is 2.76. The lowest BCUT2D eigenvalue weighted by molar-refractivity contribution is 0.101. The number of hydrogen-bond donors (Lipinski definition) is 1. The molecule has 1 N–H and O–H groups in total. The predicted octanol–water partition coefficient (Wildman–Crippen LogP) is 2.24. The maximum Gasteiger partial charge on any atom is 0.218 e. The van der Waals surface area contributed by atoms with Gasteiger partial charge in [-0.15, -0.1) is 0 Å². The van der Waals surface area contributed by atoms with Crippen LogP contribution in [-0.4, -0.2) is 35.3 Å². The minimum Gasteiger partial charge on any atom is -0.475 e. The monoisotopic (exact) mass is 251 g/mol. The van der Waals surface area contributed by atoms with E-state index in [0.717, 1.165) is 18.7 Å². The second-order valence-corrected chi connectivity index (χ2v) is 4.86. The van der Waals surface area contributed by atoms with Crippen molar-refractivity contribution in [2.75, 3.05) is 12.4 Å². The van der Waals surface area contributed by atoms with Crippen LogP contribution in [0.2, 0.25) is 0 Å². The fourth-order valence-electron chi connectivity index (χ4n) is 2.29. The van der Waals surface area contributed by atoms with Gasteiger partial charge in [-0.25, -0.2) is 9.97 Å². The van der Waals surface area contributed by atoms with Gasteiger partial charge in [-0.2, -0.15) is 0 Å². The normalized spacial score (nSPS) is 23.3. The second kappa shape index (κ2) is 6.00. The Morgan fingerprint density at radius 1 is 1.33 bits per heavy atom. The van der Waals surface area contributed by atoms with Crippen LogP contribution in [0.1, 0.15) is 33.1 Å². The molecule has 5 heteroatoms. The molecule has 0 aromatic carbocycles. The number of nitrogens with zero attached hydrogens (tertiary/aromatic N) is 2. The summed E-state index contributed by atoms with van der Waals surface area (Å²) in [5.41, 5.74) is 0. The first-order chi connectivity index (χ1) is 8.69. The summed E-state index contributed by atoms with van der Waals surface area (Å²) in [6.45, 7) is 3.96. The molecule has 2 rings (SSSR count). The Kier molecular flexibility index (Phi) is 4.36. The van der Waals surface area contributed by atoms with Crippen molar-refractivity contribution < 1.29 is 9.47 Å². The number of methoxy groups -OCH3 is 1. The molecule has 0 aliphatic heterocycles. The van der Waals surface area contributed by atoms with Crippen LogP contribution in [0.25, 0.3) is 0 Å². The highest BCUT2D eigenvalue weighted by Crippen LogP contribution is 2.25. The van der Waals surface area contributed by atoms with Gasteiger partial charge in [0.15, 0.2) is 0 Å². The molecule has 1 heterocycles. The van der Waals surface area contributed by atoms with Crippen LogP contribution in [0.5, 0.6) is 5.88 Å². The molecule has 1 aliphatic carbocycles. The third kappa shape index (κ3) is 3.32. The van der Waals surface area contributed by atoms with Gasteiger partial charge in [-0.1, -0.05) is 0 Å². The first-order valence-electron chi connectivity index (χ1n) is 6.47. The molecule has 0 radical (unpaired) electrons. The maximum atomic E-state index is 5.55. The van der Waals surface area contributed by atoms with Gasteiger partial charge < -0.3 is 14.8 Å². The van der Waals surface area contributed by atoms with Gasteiger partial charge in [0.05, 0.1) is 18.2 Å². The van der Waals surface area contributed by atoms with E-state index in [1.165, 1.54) is 12.7 Å². The van der Waals surface area contributed by atoms with Crippen molar-refractivity contribution in [2.24, 2.45) is 0 Å². The fourth-order valence-corrected chi connectivity index (χ4v) is 2.29. The molecule has 2 unspecified atom stereocenters. The Bertz CT molecular complexity index is 384. The van der Waals surface area contributed by atoms with Gasteiger partial charge in [-0.3, -0.25) is 0 Å². The Morgan fingerprint density at radius 3 is 2.89 bits per heavy atom. The maximum absolute atomic E-state index is 5.55. The summed E-state index contributed by atoms with van der Waals surface area (Å²) >= 11 is 0. The minimum absolute atomic E-state index is 0.117. The number of ether oxygens (including phenoxy) is 2. The third-order valence-electron chi connectivity index (χ3n) is 3.09. The predicted molar refractivity (Wildman–Crippen MR) is 69.9 cm³/mol. The van der Waals surface area contributed by atoms with Crippen molar-refractivity contribution in [2.45, 2.75) is 51.4 Å². The lowest BCUT2D eigenvalue weighted by Gasteiger charge is -2.20. The summed E-state index contributed by atoms with van der Waals surface area (Å²) in [4.78, 5) is 8.31. The summed E-state index contributed by atoms with van der Waals surface area (Å²) < 4.78 is 11.0. The number of aromatic nitrogens is 2. The highest BCUT2D eigenvalue weighted by Gasteiger charge is 2.27. The largest absolute Gasteiger partial charge is 0.475 e. The minimum atomic E-state index is 0.117. The van der Waals surface area contributed by atoms with Gasteiger partial charge in [0.1, 0.15) is 12.1 Å². The zero-order valence-electron chi connectivity index (χ0n) is 11.2. The molecular formula is C13H21N3O2. The van der Waals surface area contributed by atoms with Crippen LogP contribution in [0.4, 0.5) is 5.82 Å². The Balaban J connectivity index is 2.00. The fraction of sp³-hybridized carbons (Fsp3) is 0.692. The summed E-state index contributed by atoms with van der Waals surface area (Å²) in [7, 11) is 1.76. The Hall–Kier alpha value is -1.36. The van der Waals surface area contributed by atoms with Crippen LogP contribution < -0.4 is 10.1 Å². The highest BCUT2D eigenvalue weighted by atomic mass is 16.5. The first kappa shape index (κ1) is 13.1. The molecular weight excluding hydrogens is 230 g/mol. The third-order valence-corrected chi connectivity index (χ3v) is 3.09. The molecule has 0 amide bonds. The summed E-state index contributed by atoms with van der Waals surface area (Å²) in [6, 6.07) is 2.17. The lowest BCUT2D eigenvalue weighted by atomic mass is 10.2. The second-order valence-electron chi connectivity index (χ2n) is 4.86. The van der Waals surface area contributed by atoms with E-state index < -0.39 is 0 Å². The van der Waals surface area contributed by atoms with Crippen molar-refractivity contribution in [3.63, 3.8) is 0 Å². The molecule has 1 aromatic heterocycles. The smallest absolute Gasteiger partial charge is 0.218 e. The van der Waals surface area contributed by atoms with Gasteiger partial charge in [-0.05, 0) is 33.1 Å². The van der Waals surface area contributed by atoms with E-state index in [0.29, 0.717) is 11.9 Å². The molecule has 1 aromatic rings. The van der Waals surface area contributed by atoms with Crippen LogP contribution in [0.3, 0.4) is 0 Å². The van der Waals surface area contributed by atoms with Crippen LogP contribution in [-0.2, 0) is 4.74 Å². The molecule has 5 nitrogen and oxygen atoms in total. The molecule has 1 fully saturated rings. The van der Waals surface area contributed by atoms with Gasteiger partial charge >= 0.3 is 0 Å².